The Kier molecular flexibility index (Phi) is 4.08. The van der Waals surface area contributed by atoms with Crippen LogP contribution in [0.25, 0.3) is 11.1 Å². The third-order valence-corrected chi connectivity index (χ3v) is 3.52. The van der Waals surface area contributed by atoms with Gasteiger partial charge >= 0.3 is 0 Å². The number of aromatic nitrogens is 2. The standard InChI is InChI=1S/C17H24N2/c1-5-6-11-19-13-15(12-18-19)14-7-9-16(10-8-14)17(2,3)4/h7-10,12-13H,5-6,11H2,1-4H3/p+1. The van der Waals surface area contributed by atoms with Gasteiger partial charge in [-0.1, -0.05) is 58.4 Å². The quantitative estimate of drug-likeness (QED) is 0.797. The Balaban J connectivity index is 2.16. The van der Waals surface area contributed by atoms with Crippen LogP contribution in [-0.2, 0) is 12.0 Å². The molecular weight excluding hydrogens is 232 g/mol. The summed E-state index contributed by atoms with van der Waals surface area (Å²) >= 11 is 0. The summed E-state index contributed by atoms with van der Waals surface area (Å²) in [6, 6.07) is 8.90. The minimum atomic E-state index is 0.220. The first-order valence-corrected chi connectivity index (χ1v) is 7.19. The fourth-order valence-corrected chi connectivity index (χ4v) is 2.17. The molecule has 102 valence electrons. The lowest BCUT2D eigenvalue weighted by molar-refractivity contribution is -0.750. The molecule has 2 aromatic rings. The van der Waals surface area contributed by atoms with Gasteiger partial charge in [-0.05, 0) is 16.5 Å². The van der Waals surface area contributed by atoms with Crippen molar-refractivity contribution in [3.63, 3.8) is 0 Å². The van der Waals surface area contributed by atoms with Crippen LogP contribution in [0.3, 0.4) is 0 Å². The molecule has 19 heavy (non-hydrogen) atoms. The minimum absolute atomic E-state index is 0.220. The monoisotopic (exact) mass is 257 g/mol. The van der Waals surface area contributed by atoms with E-state index in [9.17, 15) is 0 Å². The number of nitrogens with one attached hydrogen (secondary N) is 1. The van der Waals surface area contributed by atoms with Gasteiger partial charge in [0.05, 0.1) is 11.8 Å². The van der Waals surface area contributed by atoms with Gasteiger partial charge in [-0.15, -0.1) is 4.68 Å². The van der Waals surface area contributed by atoms with Crippen molar-refractivity contribution in [1.29, 1.82) is 0 Å². The zero-order valence-electron chi connectivity index (χ0n) is 12.5. The van der Waals surface area contributed by atoms with E-state index in [1.165, 1.54) is 29.5 Å². The summed E-state index contributed by atoms with van der Waals surface area (Å²) in [4.78, 5) is 0. The molecule has 0 atom stereocenters. The van der Waals surface area contributed by atoms with Crippen LogP contribution in [0.4, 0.5) is 0 Å². The summed E-state index contributed by atoms with van der Waals surface area (Å²) in [7, 11) is 0. The number of aromatic amines is 1. The highest BCUT2D eigenvalue weighted by molar-refractivity contribution is 5.61. The Labute approximate surface area is 116 Å². The first-order chi connectivity index (χ1) is 9.00. The Morgan fingerprint density at radius 2 is 1.74 bits per heavy atom. The molecule has 0 spiro atoms. The third-order valence-electron chi connectivity index (χ3n) is 3.52. The summed E-state index contributed by atoms with van der Waals surface area (Å²) in [5.74, 6) is 0. The largest absolute Gasteiger partial charge is 0.203 e. The first kappa shape index (κ1) is 13.9. The number of benzene rings is 1. The van der Waals surface area contributed by atoms with Crippen LogP contribution in [0.5, 0.6) is 0 Å². The smallest absolute Gasteiger partial charge is 0.172 e. The molecule has 0 radical (unpaired) electrons. The number of nitrogens with zero attached hydrogens (tertiary/aromatic N) is 1. The zero-order valence-corrected chi connectivity index (χ0v) is 12.5. The molecular formula is C17H25N2+. The van der Waals surface area contributed by atoms with E-state index in [1.807, 2.05) is 0 Å². The second kappa shape index (κ2) is 5.60. The van der Waals surface area contributed by atoms with Crippen LogP contribution in [0.1, 0.15) is 46.1 Å². The van der Waals surface area contributed by atoms with Crippen molar-refractivity contribution in [1.82, 2.24) is 5.10 Å². The number of hydrogen-bond donors (Lipinski definition) is 1. The van der Waals surface area contributed by atoms with E-state index in [1.54, 1.807) is 0 Å². The van der Waals surface area contributed by atoms with Crippen molar-refractivity contribution >= 4 is 0 Å². The minimum Gasteiger partial charge on any atom is -0.172 e. The van der Waals surface area contributed by atoms with E-state index >= 15 is 0 Å². The molecule has 0 saturated carbocycles. The number of H-pyrrole nitrogens is 1. The predicted molar refractivity (Wildman–Crippen MR) is 80.0 cm³/mol. The summed E-state index contributed by atoms with van der Waals surface area (Å²) in [6.07, 6.45) is 6.72. The molecule has 0 unspecified atom stereocenters. The molecule has 0 saturated heterocycles. The van der Waals surface area contributed by atoms with Gasteiger partial charge in [-0.2, -0.15) is 5.10 Å². The highest BCUT2D eigenvalue weighted by Gasteiger charge is 2.14. The molecule has 1 N–H and O–H groups in total. The Morgan fingerprint density at radius 1 is 1.05 bits per heavy atom. The maximum Gasteiger partial charge on any atom is 0.203 e. The number of hydrogen-bond acceptors (Lipinski definition) is 0. The number of rotatable bonds is 4. The highest BCUT2D eigenvalue weighted by atomic mass is 15.3. The van der Waals surface area contributed by atoms with Crippen LogP contribution in [0.2, 0.25) is 0 Å². The van der Waals surface area contributed by atoms with Crippen molar-refractivity contribution in [2.75, 3.05) is 0 Å². The Hall–Kier alpha value is -1.57. The molecule has 0 aliphatic carbocycles. The molecule has 0 aliphatic rings. The van der Waals surface area contributed by atoms with Gasteiger partial charge in [0.15, 0.2) is 6.54 Å². The van der Waals surface area contributed by atoms with Crippen molar-refractivity contribution in [2.24, 2.45) is 0 Å². The van der Waals surface area contributed by atoms with Crippen molar-refractivity contribution in [3.8, 4) is 11.1 Å². The fraction of sp³-hybridized carbons (Fsp3) is 0.471. The fourth-order valence-electron chi connectivity index (χ4n) is 2.17. The van der Waals surface area contributed by atoms with Crippen molar-refractivity contribution < 1.29 is 4.68 Å². The zero-order chi connectivity index (χ0) is 13.9. The van der Waals surface area contributed by atoms with Gasteiger partial charge in [-0.3, -0.25) is 0 Å². The van der Waals surface area contributed by atoms with E-state index < -0.39 is 0 Å². The normalized spacial score (nSPS) is 11.8. The lowest BCUT2D eigenvalue weighted by Crippen LogP contribution is -2.34. The van der Waals surface area contributed by atoms with Crippen LogP contribution in [0, 0.1) is 0 Å². The molecule has 0 amide bonds. The topological polar surface area (TPSA) is 19.7 Å². The average Bonchev–Trinajstić information content (AvgIpc) is 2.84. The van der Waals surface area contributed by atoms with E-state index in [4.69, 9.17) is 0 Å². The van der Waals surface area contributed by atoms with Gasteiger partial charge in [0.2, 0.25) is 6.20 Å². The first-order valence-electron chi connectivity index (χ1n) is 7.19. The van der Waals surface area contributed by atoms with E-state index in [-0.39, 0.29) is 5.41 Å². The van der Waals surface area contributed by atoms with Gasteiger partial charge in [0, 0.05) is 6.42 Å². The van der Waals surface area contributed by atoms with Crippen LogP contribution in [0.15, 0.2) is 36.7 Å². The van der Waals surface area contributed by atoms with Crippen molar-refractivity contribution in [3.05, 3.63) is 42.2 Å². The summed E-state index contributed by atoms with van der Waals surface area (Å²) in [6.45, 7) is 10.0. The second-order valence-electron chi connectivity index (χ2n) is 6.23. The lowest BCUT2D eigenvalue weighted by Gasteiger charge is -2.18. The van der Waals surface area contributed by atoms with Gasteiger partial charge in [0.1, 0.15) is 0 Å². The van der Waals surface area contributed by atoms with Gasteiger partial charge < -0.3 is 0 Å². The summed E-state index contributed by atoms with van der Waals surface area (Å²) in [5.41, 5.74) is 4.14. The van der Waals surface area contributed by atoms with E-state index in [0.717, 1.165) is 6.54 Å². The maximum absolute atomic E-state index is 3.30. The molecule has 1 aromatic heterocycles. The summed E-state index contributed by atoms with van der Waals surface area (Å²) < 4.78 is 2.16. The lowest BCUT2D eigenvalue weighted by atomic mass is 9.86. The molecule has 1 aromatic carbocycles. The highest BCUT2D eigenvalue weighted by Crippen LogP contribution is 2.25. The number of aryl methyl sites for hydroxylation is 1. The van der Waals surface area contributed by atoms with Crippen LogP contribution in [-0.4, -0.2) is 5.10 Å². The predicted octanol–water partition coefficient (Wildman–Crippen LogP) is 4.07. The molecule has 0 fully saturated rings. The molecule has 2 heteroatoms. The molecule has 2 rings (SSSR count). The van der Waals surface area contributed by atoms with Gasteiger partial charge in [-0.25, -0.2) is 0 Å². The van der Waals surface area contributed by atoms with Crippen LogP contribution >= 0.6 is 0 Å². The third kappa shape index (κ3) is 3.46. The molecule has 0 aliphatic heterocycles. The van der Waals surface area contributed by atoms with Gasteiger partial charge in [0.25, 0.3) is 0 Å². The number of unbranched alkanes of at least 4 members (excludes halogenated alkanes) is 1. The molecule has 1 heterocycles. The molecule has 2 nitrogen and oxygen atoms in total. The van der Waals surface area contributed by atoms with E-state index in [0.29, 0.717) is 0 Å². The second-order valence-corrected chi connectivity index (χ2v) is 6.23. The van der Waals surface area contributed by atoms with Crippen molar-refractivity contribution in [2.45, 2.75) is 52.5 Å². The summed E-state index contributed by atoms with van der Waals surface area (Å²) in [5, 5.41) is 3.30. The maximum atomic E-state index is 3.30. The SMILES string of the molecule is CCCC[n+]1cc(-c2ccc(C(C)(C)C)cc2)c[nH]1. The van der Waals surface area contributed by atoms with Crippen LogP contribution < -0.4 is 4.68 Å². The Morgan fingerprint density at radius 3 is 2.32 bits per heavy atom. The van der Waals surface area contributed by atoms with E-state index in [2.05, 4.69) is 74.1 Å². The molecule has 0 bridgehead atoms. The Bertz CT molecular complexity index is 515. The average molecular weight is 257 g/mol.